The molecule has 8 N–H and O–H groups in total. The van der Waals surface area contributed by atoms with Crippen LogP contribution in [0.2, 0.25) is 0 Å². The third-order valence-corrected chi connectivity index (χ3v) is 5.50. The lowest BCUT2D eigenvalue weighted by Gasteiger charge is -2.40. The Kier molecular flexibility index (Phi) is 5.97. The average Bonchev–Trinajstić information content (AvgIpc) is 2.80. The number of phenolic OH excluding ortho intramolecular Hbond substituents is 4. The van der Waals surface area contributed by atoms with Crippen LogP contribution in [0.3, 0.4) is 0 Å². The SMILES string of the molecule is O=C1C(=O)[C@@H](c2ccc(O)c(O)c2)Oc2c(O[C@@H]3O[C@H](CO)[C@@H](O)[C@H](O)[C@H]3O)c(O)cc(O)c21. The van der Waals surface area contributed by atoms with E-state index in [0.717, 1.165) is 12.1 Å². The summed E-state index contributed by atoms with van der Waals surface area (Å²) in [6.45, 7) is -0.764. The van der Waals surface area contributed by atoms with E-state index in [1.54, 1.807) is 0 Å². The Hall–Kier alpha value is -3.62. The van der Waals surface area contributed by atoms with Crippen LogP contribution < -0.4 is 9.47 Å². The van der Waals surface area contributed by atoms with Crippen LogP contribution in [0.4, 0.5) is 0 Å². The lowest BCUT2D eigenvalue weighted by atomic mass is 9.93. The molecular formula is C21H20O13. The van der Waals surface area contributed by atoms with E-state index >= 15 is 0 Å². The van der Waals surface area contributed by atoms with Gasteiger partial charge in [0.15, 0.2) is 29.1 Å². The van der Waals surface area contributed by atoms with Gasteiger partial charge in [0.2, 0.25) is 23.6 Å². The number of carbonyl (C=O) groups excluding carboxylic acids is 2. The topological polar surface area (TPSA) is 224 Å². The van der Waals surface area contributed by atoms with Crippen LogP contribution in [0.1, 0.15) is 22.0 Å². The molecule has 13 heteroatoms. The number of ether oxygens (including phenoxy) is 3. The molecular weight excluding hydrogens is 460 g/mol. The number of aromatic hydroxyl groups is 4. The van der Waals surface area contributed by atoms with Gasteiger partial charge in [0, 0.05) is 11.6 Å². The summed E-state index contributed by atoms with van der Waals surface area (Å²) in [5.41, 5.74) is -0.720. The molecule has 1 fully saturated rings. The van der Waals surface area contributed by atoms with E-state index in [9.17, 15) is 50.4 Å². The number of fused-ring (bicyclic) bond motifs is 1. The van der Waals surface area contributed by atoms with E-state index in [-0.39, 0.29) is 5.56 Å². The first kappa shape index (κ1) is 23.5. The van der Waals surface area contributed by atoms with E-state index in [4.69, 9.17) is 14.2 Å². The molecule has 0 aromatic heterocycles. The molecule has 6 atom stereocenters. The number of hydrogen-bond acceptors (Lipinski definition) is 13. The minimum absolute atomic E-state index is 0.0547. The van der Waals surface area contributed by atoms with Crippen molar-refractivity contribution in [3.8, 4) is 34.5 Å². The van der Waals surface area contributed by atoms with Crippen molar-refractivity contribution < 1.29 is 64.7 Å². The Labute approximate surface area is 190 Å². The van der Waals surface area contributed by atoms with Crippen LogP contribution in [-0.4, -0.2) is 89.7 Å². The van der Waals surface area contributed by atoms with Crippen molar-refractivity contribution in [3.63, 3.8) is 0 Å². The Morgan fingerprint density at radius 1 is 0.853 bits per heavy atom. The fourth-order valence-electron chi connectivity index (χ4n) is 3.68. The number of hydrogen-bond donors (Lipinski definition) is 8. The Morgan fingerprint density at radius 2 is 1.56 bits per heavy atom. The molecule has 2 aromatic rings. The molecule has 0 spiro atoms. The van der Waals surface area contributed by atoms with Gasteiger partial charge >= 0.3 is 0 Å². The minimum atomic E-state index is -1.88. The smallest absolute Gasteiger partial charge is 0.248 e. The van der Waals surface area contributed by atoms with E-state index in [2.05, 4.69) is 0 Å². The van der Waals surface area contributed by atoms with Crippen LogP contribution in [0, 0.1) is 0 Å². The van der Waals surface area contributed by atoms with Crippen LogP contribution in [-0.2, 0) is 9.53 Å². The van der Waals surface area contributed by atoms with Gasteiger partial charge in [-0.25, -0.2) is 0 Å². The van der Waals surface area contributed by atoms with Gasteiger partial charge in [-0.05, 0) is 12.1 Å². The van der Waals surface area contributed by atoms with Crippen molar-refractivity contribution in [3.05, 3.63) is 35.4 Å². The normalized spacial score (nSPS) is 28.8. The zero-order valence-corrected chi connectivity index (χ0v) is 17.1. The number of benzene rings is 2. The van der Waals surface area contributed by atoms with Crippen molar-refractivity contribution in [2.75, 3.05) is 6.61 Å². The average molecular weight is 480 g/mol. The summed E-state index contributed by atoms with van der Waals surface area (Å²) in [7, 11) is 0. The Morgan fingerprint density at radius 3 is 2.21 bits per heavy atom. The first-order valence-electron chi connectivity index (χ1n) is 9.88. The zero-order valence-electron chi connectivity index (χ0n) is 17.1. The number of phenols is 4. The molecule has 1 saturated heterocycles. The fourth-order valence-corrected chi connectivity index (χ4v) is 3.68. The summed E-state index contributed by atoms with van der Waals surface area (Å²) in [5.74, 6) is -6.37. The van der Waals surface area contributed by atoms with Gasteiger partial charge in [-0.3, -0.25) is 9.59 Å². The molecule has 34 heavy (non-hydrogen) atoms. The van der Waals surface area contributed by atoms with Gasteiger partial charge in [0.25, 0.3) is 0 Å². The summed E-state index contributed by atoms with van der Waals surface area (Å²) in [6, 6.07) is 3.89. The lowest BCUT2D eigenvalue weighted by molar-refractivity contribution is -0.277. The number of ketones is 2. The highest BCUT2D eigenvalue weighted by Gasteiger charge is 2.47. The highest BCUT2D eigenvalue weighted by atomic mass is 16.7. The van der Waals surface area contributed by atoms with Gasteiger partial charge in [0.1, 0.15) is 35.7 Å². The number of carbonyl (C=O) groups is 2. The summed E-state index contributed by atoms with van der Waals surface area (Å²) in [5, 5.41) is 79.2. The number of Topliss-reactive ketones (excluding diaryl/α,β-unsaturated/α-hetero) is 2. The van der Waals surface area contributed by atoms with Crippen molar-refractivity contribution in [1.29, 1.82) is 0 Å². The monoisotopic (exact) mass is 480 g/mol. The molecule has 2 aliphatic heterocycles. The minimum Gasteiger partial charge on any atom is -0.507 e. The van der Waals surface area contributed by atoms with E-state index in [0.29, 0.717) is 6.07 Å². The largest absolute Gasteiger partial charge is 0.507 e. The summed E-state index contributed by atoms with van der Waals surface area (Å²) < 4.78 is 16.2. The second-order valence-corrected chi connectivity index (χ2v) is 7.70. The maximum atomic E-state index is 12.8. The molecule has 2 aliphatic rings. The van der Waals surface area contributed by atoms with Crippen LogP contribution >= 0.6 is 0 Å². The molecule has 0 aliphatic carbocycles. The summed E-state index contributed by atoms with van der Waals surface area (Å²) >= 11 is 0. The lowest BCUT2D eigenvalue weighted by Crippen LogP contribution is -2.60. The molecule has 182 valence electrons. The van der Waals surface area contributed by atoms with E-state index < -0.39 is 95.0 Å². The predicted molar refractivity (Wildman–Crippen MR) is 107 cm³/mol. The number of aliphatic hydroxyl groups excluding tert-OH is 4. The third kappa shape index (κ3) is 3.74. The van der Waals surface area contributed by atoms with Gasteiger partial charge in [-0.2, -0.15) is 0 Å². The Balaban J connectivity index is 1.76. The highest BCUT2D eigenvalue weighted by molar-refractivity contribution is 6.47. The van der Waals surface area contributed by atoms with Gasteiger partial charge in [0.05, 0.1) is 6.61 Å². The molecule has 0 unspecified atom stereocenters. The van der Waals surface area contributed by atoms with Crippen molar-refractivity contribution in [2.45, 2.75) is 36.8 Å². The molecule has 0 bridgehead atoms. The molecule has 0 saturated carbocycles. The predicted octanol–water partition coefficient (Wildman–Crippen LogP) is -1.43. The van der Waals surface area contributed by atoms with Crippen LogP contribution in [0.15, 0.2) is 24.3 Å². The number of rotatable bonds is 4. The first-order valence-corrected chi connectivity index (χ1v) is 9.88. The maximum absolute atomic E-state index is 12.8. The Bertz CT molecular complexity index is 1140. The zero-order chi connectivity index (χ0) is 24.9. The second-order valence-electron chi connectivity index (χ2n) is 7.70. The van der Waals surface area contributed by atoms with E-state index in [1.807, 2.05) is 0 Å². The maximum Gasteiger partial charge on any atom is 0.248 e. The molecule has 4 rings (SSSR count). The summed E-state index contributed by atoms with van der Waals surface area (Å²) in [6.07, 6.45) is -10.2. The van der Waals surface area contributed by atoms with Crippen molar-refractivity contribution >= 4 is 11.6 Å². The van der Waals surface area contributed by atoms with Gasteiger partial charge < -0.3 is 55.1 Å². The third-order valence-electron chi connectivity index (χ3n) is 5.50. The number of aliphatic hydroxyl groups is 4. The van der Waals surface area contributed by atoms with Crippen molar-refractivity contribution in [1.82, 2.24) is 0 Å². The molecule has 2 heterocycles. The molecule has 2 aromatic carbocycles. The van der Waals surface area contributed by atoms with Gasteiger partial charge in [-0.15, -0.1) is 0 Å². The second kappa shape index (κ2) is 8.62. The van der Waals surface area contributed by atoms with Crippen LogP contribution in [0.25, 0.3) is 0 Å². The molecule has 13 nitrogen and oxygen atoms in total. The molecule has 0 amide bonds. The quantitative estimate of drug-likeness (QED) is 0.186. The molecule has 0 radical (unpaired) electrons. The van der Waals surface area contributed by atoms with Crippen molar-refractivity contribution in [2.24, 2.45) is 0 Å². The highest BCUT2D eigenvalue weighted by Crippen LogP contribution is 2.50. The summed E-state index contributed by atoms with van der Waals surface area (Å²) in [4.78, 5) is 25.4. The van der Waals surface area contributed by atoms with E-state index in [1.165, 1.54) is 6.07 Å². The van der Waals surface area contributed by atoms with Gasteiger partial charge in [-0.1, -0.05) is 6.07 Å². The first-order chi connectivity index (χ1) is 16.0. The van der Waals surface area contributed by atoms with Crippen LogP contribution in [0.5, 0.6) is 34.5 Å². The standard InChI is InChI=1S/C21H20O13/c22-5-11-13(27)15(29)17(31)21(32-11)34-19-10(26)4-9(25)12-14(28)16(30)18(33-20(12)19)6-1-2-7(23)8(24)3-6/h1-4,11,13,15,17-18,21-27,29,31H,5H2/t11-,13-,15+,17-,18-,21+/m1/s1. The fraction of sp³-hybridized carbons (Fsp3) is 0.333.